The van der Waals surface area contributed by atoms with E-state index in [1.165, 1.54) is 173 Å². The predicted octanol–water partition coefficient (Wildman–Crippen LogP) is 15.9. The van der Waals surface area contributed by atoms with Crippen molar-refractivity contribution in [3.8, 4) is 0 Å². The summed E-state index contributed by atoms with van der Waals surface area (Å²) in [4.78, 5) is 37.8. The first-order valence-electron chi connectivity index (χ1n) is 24.9. The summed E-state index contributed by atoms with van der Waals surface area (Å²) in [6, 6.07) is 0. The fraction of sp³-hybridized carbons (Fsp3) is 0.940. The highest BCUT2D eigenvalue weighted by molar-refractivity contribution is 5.71. The van der Waals surface area contributed by atoms with Crippen LogP contribution in [0, 0.1) is 5.92 Å². The summed E-state index contributed by atoms with van der Waals surface area (Å²) in [6.45, 7) is 9.01. The summed E-state index contributed by atoms with van der Waals surface area (Å²) in [5, 5.41) is 0. The van der Waals surface area contributed by atoms with Gasteiger partial charge < -0.3 is 14.2 Å². The summed E-state index contributed by atoms with van der Waals surface area (Å²) >= 11 is 0. The van der Waals surface area contributed by atoms with Crippen molar-refractivity contribution in [1.29, 1.82) is 0 Å². The van der Waals surface area contributed by atoms with Gasteiger partial charge in [0.25, 0.3) is 0 Å². The molecular formula is C50H96O6. The minimum atomic E-state index is -0.759. The minimum Gasteiger partial charge on any atom is -0.462 e. The molecule has 0 aliphatic carbocycles. The molecule has 0 spiro atoms. The maximum atomic E-state index is 12.8. The topological polar surface area (TPSA) is 78.9 Å². The van der Waals surface area contributed by atoms with Crippen LogP contribution in [0.3, 0.4) is 0 Å². The maximum absolute atomic E-state index is 12.8. The Balaban J connectivity index is 4.28. The van der Waals surface area contributed by atoms with E-state index in [4.69, 9.17) is 14.2 Å². The van der Waals surface area contributed by atoms with E-state index < -0.39 is 6.10 Å². The van der Waals surface area contributed by atoms with Gasteiger partial charge in [0.2, 0.25) is 0 Å². The highest BCUT2D eigenvalue weighted by atomic mass is 16.6. The third-order valence-corrected chi connectivity index (χ3v) is 11.3. The smallest absolute Gasteiger partial charge is 0.306 e. The molecule has 0 amide bonds. The molecule has 1 atom stereocenters. The molecule has 56 heavy (non-hydrogen) atoms. The van der Waals surface area contributed by atoms with Gasteiger partial charge in [-0.2, -0.15) is 0 Å². The zero-order chi connectivity index (χ0) is 41.0. The number of ether oxygens (including phenoxy) is 3. The van der Waals surface area contributed by atoms with Crippen LogP contribution in [0.1, 0.15) is 278 Å². The Hall–Kier alpha value is -1.59. The van der Waals surface area contributed by atoms with Gasteiger partial charge in [-0.25, -0.2) is 0 Å². The molecule has 0 aliphatic rings. The monoisotopic (exact) mass is 793 g/mol. The van der Waals surface area contributed by atoms with Gasteiger partial charge in [0.15, 0.2) is 6.10 Å². The van der Waals surface area contributed by atoms with E-state index in [2.05, 4.69) is 27.7 Å². The van der Waals surface area contributed by atoms with Crippen LogP contribution >= 0.6 is 0 Å². The van der Waals surface area contributed by atoms with Gasteiger partial charge in [0.05, 0.1) is 0 Å². The van der Waals surface area contributed by atoms with Crippen molar-refractivity contribution in [1.82, 2.24) is 0 Å². The Kier molecular flexibility index (Phi) is 43.2. The normalized spacial score (nSPS) is 11.9. The van der Waals surface area contributed by atoms with Crippen LogP contribution in [0.25, 0.3) is 0 Å². The second-order valence-corrected chi connectivity index (χ2v) is 17.6. The maximum Gasteiger partial charge on any atom is 0.306 e. The van der Waals surface area contributed by atoms with E-state index in [9.17, 15) is 14.4 Å². The third kappa shape index (κ3) is 43.5. The van der Waals surface area contributed by atoms with Gasteiger partial charge >= 0.3 is 17.9 Å². The molecule has 0 rings (SSSR count). The Labute approximate surface area is 348 Å². The summed E-state index contributed by atoms with van der Waals surface area (Å²) in [5.41, 5.74) is 0. The second kappa shape index (κ2) is 44.5. The standard InChI is InChI=1S/C50H96O6/c1-5-7-9-11-13-15-16-18-22-26-30-34-38-42-49(52)55-45-47(44-54-48(51)41-37-33-29-24-14-12-10-8-6-2)56-50(53)43-39-35-31-27-23-20-17-19-21-25-28-32-36-40-46(3)4/h46-47H,5-45H2,1-4H3/t47-/m1/s1. The van der Waals surface area contributed by atoms with Crippen LogP contribution in [0.15, 0.2) is 0 Å². The lowest BCUT2D eigenvalue weighted by molar-refractivity contribution is -0.167. The molecule has 0 heterocycles. The number of carbonyl (C=O) groups is 3. The average Bonchev–Trinajstić information content (AvgIpc) is 3.18. The highest BCUT2D eigenvalue weighted by Crippen LogP contribution is 2.17. The molecule has 6 heteroatoms. The Morgan fingerprint density at radius 2 is 0.589 bits per heavy atom. The van der Waals surface area contributed by atoms with Crippen molar-refractivity contribution in [2.24, 2.45) is 5.92 Å². The summed E-state index contributed by atoms with van der Waals surface area (Å²) in [7, 11) is 0. The lowest BCUT2D eigenvalue weighted by Crippen LogP contribution is -2.30. The van der Waals surface area contributed by atoms with E-state index in [0.29, 0.717) is 19.3 Å². The first-order chi connectivity index (χ1) is 27.4. The van der Waals surface area contributed by atoms with Gasteiger partial charge in [-0.15, -0.1) is 0 Å². The largest absolute Gasteiger partial charge is 0.462 e. The predicted molar refractivity (Wildman–Crippen MR) is 238 cm³/mol. The first kappa shape index (κ1) is 54.4. The van der Waals surface area contributed by atoms with Crippen LogP contribution in [-0.2, 0) is 28.6 Å². The molecule has 0 saturated carbocycles. The Bertz CT molecular complexity index is 841. The van der Waals surface area contributed by atoms with Crippen LogP contribution in [0.4, 0.5) is 0 Å². The molecule has 0 radical (unpaired) electrons. The van der Waals surface area contributed by atoms with Gasteiger partial charge in [-0.1, -0.05) is 240 Å². The molecule has 0 fully saturated rings. The molecular weight excluding hydrogens is 697 g/mol. The van der Waals surface area contributed by atoms with Crippen molar-refractivity contribution in [3.63, 3.8) is 0 Å². The number of unbranched alkanes of at least 4 members (excludes halogenated alkanes) is 32. The molecule has 0 aliphatic heterocycles. The number of hydrogen-bond acceptors (Lipinski definition) is 6. The van der Waals surface area contributed by atoms with E-state index in [1.54, 1.807) is 0 Å². The zero-order valence-electron chi connectivity index (χ0n) is 38.1. The highest BCUT2D eigenvalue weighted by Gasteiger charge is 2.19. The molecule has 332 valence electrons. The van der Waals surface area contributed by atoms with Crippen LogP contribution in [-0.4, -0.2) is 37.2 Å². The van der Waals surface area contributed by atoms with E-state index in [-0.39, 0.29) is 31.1 Å². The Morgan fingerprint density at radius 3 is 0.875 bits per heavy atom. The van der Waals surface area contributed by atoms with Gasteiger partial charge in [0.1, 0.15) is 13.2 Å². The number of carbonyl (C=O) groups excluding carboxylic acids is 3. The van der Waals surface area contributed by atoms with Crippen molar-refractivity contribution < 1.29 is 28.6 Å². The fourth-order valence-corrected chi connectivity index (χ4v) is 7.51. The molecule has 0 bridgehead atoms. The zero-order valence-corrected chi connectivity index (χ0v) is 38.1. The second-order valence-electron chi connectivity index (χ2n) is 17.6. The van der Waals surface area contributed by atoms with Crippen molar-refractivity contribution in [2.75, 3.05) is 13.2 Å². The minimum absolute atomic E-state index is 0.0630. The third-order valence-electron chi connectivity index (χ3n) is 11.3. The van der Waals surface area contributed by atoms with Crippen LogP contribution < -0.4 is 0 Å². The molecule has 0 saturated heterocycles. The first-order valence-corrected chi connectivity index (χ1v) is 24.9. The number of esters is 3. The average molecular weight is 793 g/mol. The lowest BCUT2D eigenvalue weighted by atomic mass is 10.0. The summed E-state index contributed by atoms with van der Waals surface area (Å²) in [6.07, 6.45) is 45.1. The summed E-state index contributed by atoms with van der Waals surface area (Å²) < 4.78 is 16.8. The van der Waals surface area contributed by atoms with Crippen LogP contribution in [0.2, 0.25) is 0 Å². The Morgan fingerprint density at radius 1 is 0.339 bits per heavy atom. The SMILES string of the molecule is CCCCCCCCCCCCCCCC(=O)OC[C@@H](COC(=O)CCCCCCCCCCC)OC(=O)CCCCCCCCCCCCCCCC(C)C. The molecule has 0 N–H and O–H groups in total. The quantitative estimate of drug-likeness (QED) is 0.0347. The van der Waals surface area contributed by atoms with E-state index in [0.717, 1.165) is 63.7 Å². The van der Waals surface area contributed by atoms with E-state index in [1.807, 2.05) is 0 Å². The van der Waals surface area contributed by atoms with Gasteiger partial charge in [0, 0.05) is 19.3 Å². The van der Waals surface area contributed by atoms with Crippen molar-refractivity contribution in [2.45, 2.75) is 284 Å². The van der Waals surface area contributed by atoms with Gasteiger partial charge in [-0.3, -0.25) is 14.4 Å². The fourth-order valence-electron chi connectivity index (χ4n) is 7.51. The van der Waals surface area contributed by atoms with Crippen molar-refractivity contribution >= 4 is 17.9 Å². The number of hydrogen-bond donors (Lipinski definition) is 0. The molecule has 0 aromatic carbocycles. The van der Waals surface area contributed by atoms with Crippen LogP contribution in [0.5, 0.6) is 0 Å². The molecule has 0 unspecified atom stereocenters. The molecule has 0 aromatic rings. The van der Waals surface area contributed by atoms with E-state index >= 15 is 0 Å². The summed E-state index contributed by atoms with van der Waals surface area (Å²) in [5.74, 6) is -0.0111. The number of rotatable bonds is 45. The molecule has 0 aromatic heterocycles. The van der Waals surface area contributed by atoms with Crippen molar-refractivity contribution in [3.05, 3.63) is 0 Å². The van der Waals surface area contributed by atoms with Gasteiger partial charge in [-0.05, 0) is 25.2 Å². The molecule has 6 nitrogen and oxygen atoms in total. The lowest BCUT2D eigenvalue weighted by Gasteiger charge is -2.18.